The topological polar surface area (TPSA) is 38.7 Å². The van der Waals surface area contributed by atoms with E-state index < -0.39 is 0 Å². The molecule has 0 aliphatic carbocycles. The number of rotatable bonds is 1. The Labute approximate surface area is 101 Å². The maximum atomic E-state index is 13.2. The number of fused-ring (bicyclic) bond motifs is 1. The number of halogens is 1. The molecule has 0 unspecified atom stereocenters. The molecule has 0 spiro atoms. The maximum Gasteiger partial charge on any atom is 0.142 e. The van der Waals surface area contributed by atoms with Gasteiger partial charge in [0.25, 0.3) is 0 Å². The first-order chi connectivity index (χ1) is 8.24. The molecule has 5 heteroatoms. The van der Waals surface area contributed by atoms with Gasteiger partial charge in [-0.3, -0.25) is 9.97 Å². The number of aryl methyl sites for hydroxylation is 1. The van der Waals surface area contributed by atoms with Gasteiger partial charge in [-0.1, -0.05) is 0 Å². The van der Waals surface area contributed by atoms with Crippen molar-refractivity contribution >= 4 is 21.6 Å². The molecule has 0 N–H and O–H groups in total. The third kappa shape index (κ3) is 1.78. The molecule has 0 amide bonds. The second-order valence-electron chi connectivity index (χ2n) is 3.66. The molecule has 0 radical (unpaired) electrons. The normalized spacial score (nSPS) is 10.9. The predicted molar refractivity (Wildman–Crippen MR) is 65.3 cm³/mol. The number of pyridine rings is 2. The second kappa shape index (κ2) is 3.85. The average molecular weight is 245 g/mol. The van der Waals surface area contributed by atoms with Crippen molar-refractivity contribution < 1.29 is 4.39 Å². The van der Waals surface area contributed by atoms with E-state index in [1.165, 1.54) is 12.3 Å². The van der Waals surface area contributed by atoms with E-state index in [1.807, 2.05) is 6.92 Å². The van der Waals surface area contributed by atoms with Crippen molar-refractivity contribution in [2.45, 2.75) is 6.92 Å². The minimum Gasteiger partial charge on any atom is -0.262 e. The smallest absolute Gasteiger partial charge is 0.142 e. The van der Waals surface area contributed by atoms with E-state index in [0.29, 0.717) is 0 Å². The molecule has 3 heterocycles. The third-order valence-electron chi connectivity index (χ3n) is 2.42. The van der Waals surface area contributed by atoms with Crippen molar-refractivity contribution in [2.75, 3.05) is 0 Å². The fourth-order valence-electron chi connectivity index (χ4n) is 1.73. The summed E-state index contributed by atoms with van der Waals surface area (Å²) < 4.78 is 14.2. The van der Waals surface area contributed by atoms with Crippen molar-refractivity contribution in [3.63, 3.8) is 0 Å². The quantitative estimate of drug-likeness (QED) is 0.660. The van der Waals surface area contributed by atoms with E-state index >= 15 is 0 Å². The van der Waals surface area contributed by atoms with Crippen LogP contribution in [0.15, 0.2) is 30.9 Å². The Kier molecular flexibility index (Phi) is 2.33. The molecule has 0 aliphatic rings. The summed E-state index contributed by atoms with van der Waals surface area (Å²) in [6.07, 6.45) is 6.26. The summed E-state index contributed by atoms with van der Waals surface area (Å²) in [5, 5.41) is 0.971. The Bertz CT molecular complexity index is 693. The molecule has 84 valence electrons. The number of nitrogens with zero attached hydrogens (tertiary/aromatic N) is 3. The van der Waals surface area contributed by atoms with Crippen LogP contribution in [0.1, 0.15) is 5.01 Å². The molecule has 3 nitrogen and oxygen atoms in total. The molecule has 0 aromatic carbocycles. The van der Waals surface area contributed by atoms with Gasteiger partial charge in [-0.25, -0.2) is 9.37 Å². The molecule has 0 saturated carbocycles. The Morgan fingerprint density at radius 3 is 2.76 bits per heavy atom. The molecule has 3 aromatic rings. The van der Waals surface area contributed by atoms with E-state index in [4.69, 9.17) is 0 Å². The maximum absolute atomic E-state index is 13.2. The molecular formula is C12H8FN3S. The lowest BCUT2D eigenvalue weighted by molar-refractivity contribution is 0.622. The standard InChI is InChI=1S/C12H8FN3S/c1-7-16-11-6-15-5-10(12(11)17-7)8-2-9(13)4-14-3-8/h2-6H,1H3. The van der Waals surface area contributed by atoms with Gasteiger partial charge >= 0.3 is 0 Å². The largest absolute Gasteiger partial charge is 0.262 e. The lowest BCUT2D eigenvalue weighted by Gasteiger charge is -2.01. The first-order valence-corrected chi connectivity index (χ1v) is 5.88. The SMILES string of the molecule is Cc1nc2cncc(-c3cncc(F)c3)c2s1. The van der Waals surface area contributed by atoms with Crippen LogP contribution in [0.4, 0.5) is 4.39 Å². The van der Waals surface area contributed by atoms with Gasteiger partial charge in [0.15, 0.2) is 0 Å². The fourth-order valence-corrected chi connectivity index (χ4v) is 2.65. The van der Waals surface area contributed by atoms with Crippen molar-refractivity contribution in [3.05, 3.63) is 41.7 Å². The zero-order valence-electron chi connectivity index (χ0n) is 9.01. The summed E-state index contributed by atoms with van der Waals surface area (Å²) in [6.45, 7) is 1.94. The van der Waals surface area contributed by atoms with Crippen LogP contribution in [-0.2, 0) is 0 Å². The van der Waals surface area contributed by atoms with Crippen LogP contribution in [0.5, 0.6) is 0 Å². The van der Waals surface area contributed by atoms with Gasteiger partial charge in [0, 0.05) is 23.5 Å². The van der Waals surface area contributed by atoms with Crippen LogP contribution in [0.3, 0.4) is 0 Å². The first-order valence-electron chi connectivity index (χ1n) is 5.06. The molecule has 0 fully saturated rings. The van der Waals surface area contributed by atoms with E-state index in [1.54, 1.807) is 29.9 Å². The van der Waals surface area contributed by atoms with Crippen molar-refractivity contribution in [1.29, 1.82) is 0 Å². The van der Waals surface area contributed by atoms with E-state index in [2.05, 4.69) is 15.0 Å². The van der Waals surface area contributed by atoms with Crippen LogP contribution < -0.4 is 0 Å². The van der Waals surface area contributed by atoms with Gasteiger partial charge in [-0.15, -0.1) is 11.3 Å². The Morgan fingerprint density at radius 1 is 1.12 bits per heavy atom. The van der Waals surface area contributed by atoms with Crippen molar-refractivity contribution in [1.82, 2.24) is 15.0 Å². The monoisotopic (exact) mass is 245 g/mol. The van der Waals surface area contributed by atoms with Crippen molar-refractivity contribution in [3.8, 4) is 11.1 Å². The van der Waals surface area contributed by atoms with Crippen LogP contribution >= 0.6 is 11.3 Å². The van der Waals surface area contributed by atoms with Crippen LogP contribution in [0.2, 0.25) is 0 Å². The van der Waals surface area contributed by atoms with Gasteiger partial charge in [0.1, 0.15) is 11.3 Å². The van der Waals surface area contributed by atoms with Gasteiger partial charge in [0.2, 0.25) is 0 Å². The second-order valence-corrected chi connectivity index (χ2v) is 4.86. The Morgan fingerprint density at radius 2 is 1.94 bits per heavy atom. The molecular weight excluding hydrogens is 237 g/mol. The summed E-state index contributed by atoms with van der Waals surface area (Å²) in [5.41, 5.74) is 2.45. The number of hydrogen-bond acceptors (Lipinski definition) is 4. The molecule has 3 rings (SSSR count). The average Bonchev–Trinajstić information content (AvgIpc) is 2.68. The zero-order chi connectivity index (χ0) is 11.8. The minimum absolute atomic E-state index is 0.347. The zero-order valence-corrected chi connectivity index (χ0v) is 9.83. The number of aromatic nitrogens is 3. The van der Waals surface area contributed by atoms with E-state index in [0.717, 1.165) is 26.4 Å². The lowest BCUT2D eigenvalue weighted by Crippen LogP contribution is -1.84. The highest BCUT2D eigenvalue weighted by Crippen LogP contribution is 2.31. The molecule has 0 bridgehead atoms. The summed E-state index contributed by atoms with van der Waals surface area (Å²) >= 11 is 1.58. The van der Waals surface area contributed by atoms with E-state index in [-0.39, 0.29) is 5.82 Å². The van der Waals surface area contributed by atoms with Crippen LogP contribution in [0.25, 0.3) is 21.3 Å². The molecule has 0 aliphatic heterocycles. The highest BCUT2D eigenvalue weighted by atomic mass is 32.1. The molecule has 0 saturated heterocycles. The summed E-state index contributed by atoms with van der Waals surface area (Å²) in [6, 6.07) is 1.46. The Balaban J connectivity index is 2.30. The highest BCUT2D eigenvalue weighted by Gasteiger charge is 2.09. The molecule has 0 atom stereocenters. The van der Waals surface area contributed by atoms with Crippen LogP contribution in [0, 0.1) is 12.7 Å². The molecule has 17 heavy (non-hydrogen) atoms. The van der Waals surface area contributed by atoms with Crippen LogP contribution in [-0.4, -0.2) is 15.0 Å². The lowest BCUT2D eigenvalue weighted by atomic mass is 10.1. The summed E-state index contributed by atoms with van der Waals surface area (Å²) in [5.74, 6) is -0.347. The Hall–Kier alpha value is -1.88. The van der Waals surface area contributed by atoms with E-state index in [9.17, 15) is 4.39 Å². The summed E-state index contributed by atoms with van der Waals surface area (Å²) in [4.78, 5) is 12.3. The molecule has 3 aromatic heterocycles. The van der Waals surface area contributed by atoms with Gasteiger partial charge in [0.05, 0.1) is 22.1 Å². The number of thiazole rings is 1. The first kappa shape index (κ1) is 10.3. The van der Waals surface area contributed by atoms with Gasteiger partial charge < -0.3 is 0 Å². The highest BCUT2D eigenvalue weighted by molar-refractivity contribution is 7.19. The minimum atomic E-state index is -0.347. The number of hydrogen-bond donors (Lipinski definition) is 0. The predicted octanol–water partition coefficient (Wildman–Crippen LogP) is 3.20. The van der Waals surface area contributed by atoms with Gasteiger partial charge in [-0.2, -0.15) is 0 Å². The van der Waals surface area contributed by atoms with Crippen molar-refractivity contribution in [2.24, 2.45) is 0 Å². The summed E-state index contributed by atoms with van der Waals surface area (Å²) in [7, 11) is 0. The fraction of sp³-hybridized carbons (Fsp3) is 0.0833. The van der Waals surface area contributed by atoms with Gasteiger partial charge in [-0.05, 0) is 13.0 Å². The third-order valence-corrected chi connectivity index (χ3v) is 3.44.